The van der Waals surface area contributed by atoms with E-state index in [-0.39, 0.29) is 30.4 Å². The Kier molecular flexibility index (Phi) is 5.12. The fourth-order valence-corrected chi connectivity index (χ4v) is 4.79. The van der Waals surface area contributed by atoms with E-state index in [1.807, 2.05) is 41.5 Å². The molecular weight excluding hydrogens is 373 g/mol. The minimum Gasteiger partial charge on any atom is -0.394 e. The Morgan fingerprint density at radius 2 is 1.79 bits per heavy atom. The van der Waals surface area contributed by atoms with E-state index in [4.69, 9.17) is 0 Å². The Bertz CT molecular complexity index is 994. The molecule has 28 heavy (non-hydrogen) atoms. The minimum atomic E-state index is -0.357. The predicted octanol–water partition coefficient (Wildman–Crippen LogP) is 4.37. The number of nitriles is 1. The van der Waals surface area contributed by atoms with Gasteiger partial charge in [0.15, 0.2) is 5.13 Å². The summed E-state index contributed by atoms with van der Waals surface area (Å²) in [6.07, 6.45) is 0.847. The molecule has 1 aliphatic heterocycles. The molecular formula is C22H20FN3OS. The molecule has 6 heteroatoms. The second kappa shape index (κ2) is 7.70. The quantitative estimate of drug-likeness (QED) is 0.699. The molecule has 3 atom stereocenters. The van der Waals surface area contributed by atoms with Crippen molar-refractivity contribution in [1.29, 1.82) is 5.26 Å². The van der Waals surface area contributed by atoms with Crippen molar-refractivity contribution in [1.82, 2.24) is 4.98 Å². The van der Waals surface area contributed by atoms with E-state index in [0.29, 0.717) is 0 Å². The number of nitrogens with zero attached hydrogens (tertiary/aromatic N) is 3. The van der Waals surface area contributed by atoms with E-state index >= 15 is 0 Å². The van der Waals surface area contributed by atoms with Gasteiger partial charge in [0.05, 0.1) is 24.4 Å². The van der Waals surface area contributed by atoms with Crippen molar-refractivity contribution in [3.63, 3.8) is 0 Å². The smallest absolute Gasteiger partial charge is 0.186 e. The van der Waals surface area contributed by atoms with Gasteiger partial charge in [0.25, 0.3) is 0 Å². The lowest BCUT2D eigenvalue weighted by Gasteiger charge is -2.51. The Hall–Kier alpha value is -2.75. The fourth-order valence-electron chi connectivity index (χ4n) is 3.79. The molecule has 2 heterocycles. The van der Waals surface area contributed by atoms with Crippen LogP contribution in [0, 0.1) is 17.1 Å². The number of hydrogen-bond donors (Lipinski definition) is 1. The van der Waals surface area contributed by atoms with Gasteiger partial charge in [-0.1, -0.05) is 43.3 Å². The zero-order valence-corrected chi connectivity index (χ0v) is 16.2. The van der Waals surface area contributed by atoms with Crippen LogP contribution in [0.2, 0.25) is 0 Å². The Labute approximate surface area is 167 Å². The molecule has 0 aliphatic carbocycles. The number of anilines is 1. The second-order valence-electron chi connectivity index (χ2n) is 6.86. The van der Waals surface area contributed by atoms with Crippen molar-refractivity contribution >= 4 is 16.5 Å². The predicted molar refractivity (Wildman–Crippen MR) is 109 cm³/mol. The van der Waals surface area contributed by atoms with Gasteiger partial charge in [-0.3, -0.25) is 0 Å². The normalized spacial score (nSPS) is 21.2. The first-order chi connectivity index (χ1) is 13.7. The molecule has 0 radical (unpaired) electrons. The highest BCUT2D eigenvalue weighted by molar-refractivity contribution is 7.13. The molecule has 2 aromatic carbocycles. The Morgan fingerprint density at radius 3 is 2.32 bits per heavy atom. The Balaban J connectivity index is 1.59. The van der Waals surface area contributed by atoms with E-state index in [1.165, 1.54) is 23.5 Å². The van der Waals surface area contributed by atoms with Crippen molar-refractivity contribution in [3.05, 3.63) is 71.0 Å². The number of aliphatic hydroxyl groups is 1. The molecule has 1 aromatic heterocycles. The molecule has 0 unspecified atom stereocenters. The summed E-state index contributed by atoms with van der Waals surface area (Å²) in [5, 5.41) is 22.5. The second-order valence-corrected chi connectivity index (χ2v) is 7.70. The monoisotopic (exact) mass is 393 g/mol. The molecule has 4 nitrogen and oxygen atoms in total. The van der Waals surface area contributed by atoms with Crippen LogP contribution < -0.4 is 4.90 Å². The van der Waals surface area contributed by atoms with Gasteiger partial charge in [0.2, 0.25) is 0 Å². The van der Waals surface area contributed by atoms with Crippen LogP contribution in [0.5, 0.6) is 0 Å². The van der Waals surface area contributed by atoms with Crippen molar-refractivity contribution < 1.29 is 9.50 Å². The zero-order chi connectivity index (χ0) is 19.7. The largest absolute Gasteiger partial charge is 0.394 e. The molecule has 142 valence electrons. The molecule has 1 N–H and O–H groups in total. The van der Waals surface area contributed by atoms with Crippen molar-refractivity contribution in [2.24, 2.45) is 0 Å². The molecule has 1 saturated heterocycles. The number of aromatic nitrogens is 1. The summed E-state index contributed by atoms with van der Waals surface area (Å²) in [4.78, 5) is 6.52. The van der Waals surface area contributed by atoms with Crippen LogP contribution in [0.3, 0.4) is 0 Å². The first-order valence-corrected chi connectivity index (χ1v) is 10.1. The van der Waals surface area contributed by atoms with Gasteiger partial charge in [-0.2, -0.15) is 5.26 Å². The van der Waals surface area contributed by atoms with Gasteiger partial charge >= 0.3 is 0 Å². The number of benzene rings is 2. The van der Waals surface area contributed by atoms with E-state index < -0.39 is 0 Å². The fraction of sp³-hybridized carbons (Fsp3) is 0.273. The highest BCUT2D eigenvalue weighted by Gasteiger charge is 2.50. The highest BCUT2D eigenvalue weighted by atomic mass is 32.1. The van der Waals surface area contributed by atoms with Crippen LogP contribution in [-0.2, 0) is 6.42 Å². The van der Waals surface area contributed by atoms with Gasteiger partial charge in [-0.15, -0.1) is 11.3 Å². The number of halogens is 1. The van der Waals surface area contributed by atoms with Gasteiger partial charge in [0.1, 0.15) is 11.9 Å². The Morgan fingerprint density at radius 1 is 1.14 bits per heavy atom. The lowest BCUT2D eigenvalue weighted by Crippen LogP contribution is -2.63. The summed E-state index contributed by atoms with van der Waals surface area (Å²) < 4.78 is 13.1. The topological polar surface area (TPSA) is 60.2 Å². The lowest BCUT2D eigenvalue weighted by atomic mass is 9.76. The van der Waals surface area contributed by atoms with Gasteiger partial charge in [-0.25, -0.2) is 9.37 Å². The van der Waals surface area contributed by atoms with Crippen molar-refractivity contribution in [3.8, 4) is 17.2 Å². The number of hydrogen-bond acceptors (Lipinski definition) is 5. The molecule has 0 bridgehead atoms. The number of rotatable bonds is 5. The first-order valence-electron chi connectivity index (χ1n) is 9.25. The van der Waals surface area contributed by atoms with Crippen LogP contribution in [0.4, 0.5) is 9.52 Å². The van der Waals surface area contributed by atoms with E-state index in [0.717, 1.165) is 33.9 Å². The van der Waals surface area contributed by atoms with Crippen LogP contribution in [-0.4, -0.2) is 28.8 Å². The number of thiazole rings is 1. The first kappa shape index (κ1) is 18.6. The van der Waals surface area contributed by atoms with Crippen LogP contribution in [0.15, 0.2) is 53.9 Å². The summed E-state index contributed by atoms with van der Waals surface area (Å²) >= 11 is 1.52. The van der Waals surface area contributed by atoms with Crippen LogP contribution in [0.25, 0.3) is 11.1 Å². The maximum atomic E-state index is 13.1. The van der Waals surface area contributed by atoms with E-state index in [2.05, 4.69) is 11.1 Å². The number of aliphatic hydroxyl groups excluding tert-OH is 1. The molecule has 0 spiro atoms. The summed E-state index contributed by atoms with van der Waals surface area (Å²) in [7, 11) is 0. The van der Waals surface area contributed by atoms with Crippen molar-refractivity contribution in [2.75, 3.05) is 11.5 Å². The summed E-state index contributed by atoms with van der Waals surface area (Å²) in [6, 6.07) is 16.2. The van der Waals surface area contributed by atoms with Crippen LogP contribution in [0.1, 0.15) is 24.1 Å². The van der Waals surface area contributed by atoms with Crippen LogP contribution >= 0.6 is 11.3 Å². The average Bonchev–Trinajstić information content (AvgIpc) is 3.17. The third-order valence-electron chi connectivity index (χ3n) is 5.33. The average molecular weight is 393 g/mol. The van der Waals surface area contributed by atoms with Gasteiger partial charge in [-0.05, 0) is 35.2 Å². The van der Waals surface area contributed by atoms with E-state index in [1.54, 1.807) is 12.1 Å². The SMILES string of the molecule is CCc1csc(N2[C@H](C#N)[C@H](c3ccc(-c4ccc(F)cc4)cc3)[C@H]2CO)n1. The summed E-state index contributed by atoms with van der Waals surface area (Å²) in [5.41, 5.74) is 3.94. The van der Waals surface area contributed by atoms with E-state index in [9.17, 15) is 14.8 Å². The molecule has 0 amide bonds. The molecule has 1 fully saturated rings. The molecule has 1 aliphatic rings. The molecule has 4 rings (SSSR count). The maximum Gasteiger partial charge on any atom is 0.186 e. The number of aryl methyl sites for hydroxylation is 1. The zero-order valence-electron chi connectivity index (χ0n) is 15.4. The lowest BCUT2D eigenvalue weighted by molar-refractivity contribution is 0.187. The van der Waals surface area contributed by atoms with Crippen molar-refractivity contribution in [2.45, 2.75) is 31.3 Å². The minimum absolute atomic E-state index is 0.0381. The van der Waals surface area contributed by atoms with Gasteiger partial charge in [0, 0.05) is 11.3 Å². The summed E-state index contributed by atoms with van der Waals surface area (Å²) in [5.74, 6) is -0.336. The standard InChI is InChI=1S/C22H20FN3OS/c1-2-18-13-28-22(25-18)26-19(11-24)21(20(26)12-27)16-5-3-14(4-6-16)15-7-9-17(23)10-8-15/h3-10,13,19-21,27H,2,12H2,1H3/t19-,20-,21+/m1/s1. The van der Waals surface area contributed by atoms with Gasteiger partial charge < -0.3 is 10.0 Å². The molecule has 0 saturated carbocycles. The summed E-state index contributed by atoms with van der Waals surface area (Å²) in [6.45, 7) is 2.01. The third-order valence-corrected chi connectivity index (χ3v) is 6.23. The maximum absolute atomic E-state index is 13.1. The third kappa shape index (κ3) is 3.17. The molecule has 3 aromatic rings. The highest BCUT2D eigenvalue weighted by Crippen LogP contribution is 2.44.